The quantitative estimate of drug-likeness (QED) is 0.218. The van der Waals surface area contributed by atoms with Gasteiger partial charge in [0.25, 0.3) is 0 Å². The zero-order chi connectivity index (χ0) is 25.0. The predicted octanol–water partition coefficient (Wildman–Crippen LogP) is 8.56. The molecule has 0 N–H and O–H groups in total. The Bertz CT molecular complexity index is 2050. The van der Waals surface area contributed by atoms with E-state index in [1.165, 1.54) is 65.8 Å². The van der Waals surface area contributed by atoms with Crippen molar-refractivity contribution in [1.29, 1.82) is 0 Å². The maximum absolute atomic E-state index is 4.80. The van der Waals surface area contributed by atoms with E-state index < -0.39 is 0 Å². The number of nitrogens with zero attached hydrogens (tertiary/aromatic N) is 3. The van der Waals surface area contributed by atoms with Gasteiger partial charge in [0.15, 0.2) is 0 Å². The molecule has 1 aromatic heterocycles. The van der Waals surface area contributed by atoms with E-state index >= 15 is 0 Å². The van der Waals surface area contributed by atoms with Crippen molar-refractivity contribution in [2.24, 2.45) is 0 Å². The van der Waals surface area contributed by atoms with Crippen LogP contribution in [0.15, 0.2) is 116 Å². The van der Waals surface area contributed by atoms with Crippen molar-refractivity contribution < 1.29 is 0 Å². The first-order chi connectivity index (χ1) is 18.8. The Balaban J connectivity index is 1.62. The van der Waals surface area contributed by atoms with Crippen molar-refractivity contribution in [1.82, 2.24) is 9.97 Å². The number of benzene rings is 5. The molecule has 1 aliphatic heterocycles. The highest BCUT2D eigenvalue weighted by atomic mass is 15.3. The number of aromatic nitrogens is 2. The van der Waals surface area contributed by atoms with Crippen LogP contribution < -0.4 is 4.90 Å². The van der Waals surface area contributed by atoms with Gasteiger partial charge in [0.1, 0.15) is 0 Å². The molecule has 0 saturated carbocycles. The minimum Gasteiger partial charge on any atom is -0.299 e. The van der Waals surface area contributed by atoms with Crippen LogP contribution in [0.1, 0.15) is 24.0 Å². The van der Waals surface area contributed by atoms with Crippen LogP contribution in [0.3, 0.4) is 0 Å². The van der Waals surface area contributed by atoms with Gasteiger partial charge in [-0.25, -0.2) is 9.97 Å². The molecule has 3 aliphatic rings. The van der Waals surface area contributed by atoms with E-state index in [4.69, 9.17) is 9.97 Å². The summed E-state index contributed by atoms with van der Waals surface area (Å²) in [5.41, 5.74) is 7.56. The van der Waals surface area contributed by atoms with Crippen LogP contribution in [0.25, 0.3) is 49.0 Å². The van der Waals surface area contributed by atoms with Gasteiger partial charge < -0.3 is 0 Å². The fraction of sp³-hybridized carbons (Fsp3) is 0.0857. The van der Waals surface area contributed by atoms with Gasteiger partial charge in [-0.2, -0.15) is 0 Å². The molecule has 178 valence electrons. The van der Waals surface area contributed by atoms with Gasteiger partial charge in [0.05, 0.1) is 11.2 Å². The summed E-state index contributed by atoms with van der Waals surface area (Å²) in [6.07, 6.45) is 10.6. The van der Waals surface area contributed by atoms with Gasteiger partial charge in [-0.15, -0.1) is 0 Å². The molecule has 5 aromatic carbocycles. The van der Waals surface area contributed by atoms with Crippen LogP contribution in [-0.4, -0.2) is 15.5 Å². The average molecular weight is 486 g/mol. The fourth-order valence-electron chi connectivity index (χ4n) is 7.50. The molecule has 0 radical (unpaired) electrons. The zero-order valence-corrected chi connectivity index (χ0v) is 20.9. The Morgan fingerprint density at radius 3 is 2.26 bits per heavy atom. The Hall–Kier alpha value is -4.76. The summed E-state index contributed by atoms with van der Waals surface area (Å²) in [7, 11) is 0. The highest BCUT2D eigenvalue weighted by Gasteiger charge is 2.54. The van der Waals surface area contributed by atoms with Crippen molar-refractivity contribution >= 4 is 49.5 Å². The summed E-state index contributed by atoms with van der Waals surface area (Å²) in [6, 6.07) is 31.0. The number of anilines is 2. The van der Waals surface area contributed by atoms with Crippen LogP contribution in [0, 0.1) is 0 Å². The van der Waals surface area contributed by atoms with Gasteiger partial charge in [-0.3, -0.25) is 4.90 Å². The van der Waals surface area contributed by atoms with Crippen molar-refractivity contribution in [3.05, 3.63) is 127 Å². The highest BCUT2D eigenvalue weighted by Crippen LogP contribution is 2.64. The second kappa shape index (κ2) is 6.96. The number of fused-ring (bicyclic) bond motifs is 8. The molecule has 3 nitrogen and oxygen atoms in total. The maximum Gasteiger partial charge on any atom is 0.230 e. The maximum atomic E-state index is 4.80. The number of hydrogen-bond donors (Lipinski definition) is 0. The van der Waals surface area contributed by atoms with Crippen LogP contribution in [0.4, 0.5) is 11.6 Å². The average Bonchev–Trinajstić information content (AvgIpc) is 3.19. The smallest absolute Gasteiger partial charge is 0.230 e. The van der Waals surface area contributed by atoms with Gasteiger partial charge in [0.2, 0.25) is 5.95 Å². The van der Waals surface area contributed by atoms with E-state index in [-0.39, 0.29) is 11.5 Å². The van der Waals surface area contributed by atoms with E-state index in [0.29, 0.717) is 0 Å². The van der Waals surface area contributed by atoms with E-state index in [1.807, 2.05) is 18.5 Å². The summed E-state index contributed by atoms with van der Waals surface area (Å²) in [5.74, 6) is 0.882. The summed E-state index contributed by atoms with van der Waals surface area (Å²) in [5, 5.41) is 7.80. The van der Waals surface area contributed by atoms with Crippen LogP contribution in [-0.2, 0) is 0 Å². The molecule has 0 fully saturated rings. The molecule has 6 aromatic rings. The molecule has 9 rings (SSSR count). The topological polar surface area (TPSA) is 29.0 Å². The van der Waals surface area contributed by atoms with Gasteiger partial charge in [-0.1, -0.05) is 91.0 Å². The summed E-state index contributed by atoms with van der Waals surface area (Å²) < 4.78 is 0. The molecule has 2 heterocycles. The van der Waals surface area contributed by atoms with Gasteiger partial charge in [0, 0.05) is 23.7 Å². The Kier molecular flexibility index (Phi) is 3.72. The zero-order valence-electron chi connectivity index (χ0n) is 20.9. The van der Waals surface area contributed by atoms with Crippen molar-refractivity contribution in [3.63, 3.8) is 0 Å². The van der Waals surface area contributed by atoms with E-state index in [2.05, 4.69) is 109 Å². The second-order valence-electron chi connectivity index (χ2n) is 10.8. The predicted molar refractivity (Wildman–Crippen MR) is 157 cm³/mol. The van der Waals surface area contributed by atoms with E-state index in [1.54, 1.807) is 0 Å². The third-order valence-corrected chi connectivity index (χ3v) is 8.90. The lowest BCUT2D eigenvalue weighted by atomic mass is 9.73. The van der Waals surface area contributed by atoms with Gasteiger partial charge >= 0.3 is 0 Å². The third-order valence-electron chi connectivity index (χ3n) is 8.90. The lowest BCUT2D eigenvalue weighted by Gasteiger charge is -2.40. The lowest BCUT2D eigenvalue weighted by Crippen LogP contribution is -2.43. The summed E-state index contributed by atoms with van der Waals surface area (Å²) >= 11 is 0. The summed E-state index contributed by atoms with van der Waals surface area (Å²) in [4.78, 5) is 12.0. The SMILES string of the molecule is CC12C=CC=C3c4ccccc4-c4cc5ccccc5c5c4c(c(c4ccccc45)N1c1ncccn1)C32. The first kappa shape index (κ1) is 20.3. The molecule has 38 heavy (non-hydrogen) atoms. The first-order valence-electron chi connectivity index (χ1n) is 13.2. The Morgan fingerprint density at radius 1 is 0.711 bits per heavy atom. The number of hydrogen-bond acceptors (Lipinski definition) is 3. The molecule has 2 aliphatic carbocycles. The molecule has 0 bridgehead atoms. The largest absolute Gasteiger partial charge is 0.299 e. The molecule has 3 heteroatoms. The van der Waals surface area contributed by atoms with Gasteiger partial charge in [-0.05, 0) is 73.8 Å². The number of allylic oxidation sites excluding steroid dienone is 2. The third kappa shape index (κ3) is 2.31. The fourth-order valence-corrected chi connectivity index (χ4v) is 7.50. The van der Waals surface area contributed by atoms with Crippen LogP contribution in [0.5, 0.6) is 0 Å². The molecule has 0 amide bonds. The van der Waals surface area contributed by atoms with Crippen molar-refractivity contribution in [2.75, 3.05) is 4.90 Å². The van der Waals surface area contributed by atoms with Crippen molar-refractivity contribution in [3.8, 4) is 11.1 Å². The molecule has 0 spiro atoms. The minimum absolute atomic E-state index is 0.141. The monoisotopic (exact) mass is 485 g/mol. The molecular formula is C35H23N3. The molecular weight excluding hydrogens is 462 g/mol. The normalized spacial score (nSPS) is 20.6. The van der Waals surface area contributed by atoms with E-state index in [9.17, 15) is 0 Å². The summed E-state index contributed by atoms with van der Waals surface area (Å²) in [6.45, 7) is 2.35. The lowest BCUT2D eigenvalue weighted by molar-refractivity contribution is 0.546. The molecule has 2 atom stereocenters. The minimum atomic E-state index is -0.356. The van der Waals surface area contributed by atoms with Crippen LogP contribution in [0.2, 0.25) is 0 Å². The Labute approximate surface area is 220 Å². The Morgan fingerprint density at radius 2 is 1.42 bits per heavy atom. The number of rotatable bonds is 1. The van der Waals surface area contributed by atoms with Crippen LogP contribution >= 0.6 is 0 Å². The second-order valence-corrected chi connectivity index (χ2v) is 10.8. The standard InChI is InChI=1S/C35H23N3/c1-35-17-8-16-26-23-12-4-5-13-24(23)28-20-21-10-2-3-11-22(21)29-25-14-6-7-15-27(25)33(31(30(28)29)32(26)35)38(35)34-36-18-9-19-37-34/h2-20,32H,1H3. The molecule has 0 saturated heterocycles. The first-order valence-corrected chi connectivity index (χ1v) is 13.2. The molecule has 2 unspecified atom stereocenters. The van der Waals surface area contributed by atoms with E-state index in [0.717, 1.165) is 5.95 Å². The highest BCUT2D eigenvalue weighted by molar-refractivity contribution is 6.30. The van der Waals surface area contributed by atoms with Crippen molar-refractivity contribution in [2.45, 2.75) is 18.4 Å².